The van der Waals surface area contributed by atoms with Gasteiger partial charge in [-0.1, -0.05) is 18.2 Å². The van der Waals surface area contributed by atoms with Crippen LogP contribution in [0.25, 0.3) is 0 Å². The van der Waals surface area contributed by atoms with E-state index in [0.29, 0.717) is 11.4 Å². The van der Waals surface area contributed by atoms with Gasteiger partial charge in [0.15, 0.2) is 0 Å². The van der Waals surface area contributed by atoms with Gasteiger partial charge in [-0.15, -0.1) is 0 Å². The molecule has 3 rings (SSSR count). The fourth-order valence-electron chi connectivity index (χ4n) is 3.87. The Labute approximate surface area is 206 Å². The summed E-state index contributed by atoms with van der Waals surface area (Å²) in [6.07, 6.45) is 1.38. The first-order chi connectivity index (χ1) is 17.1. The van der Waals surface area contributed by atoms with Crippen LogP contribution >= 0.6 is 0 Å². The Hall–Kier alpha value is -4.54. The number of rotatable bonds is 8. The second-order valence-corrected chi connectivity index (χ2v) is 7.90. The number of benzene rings is 1. The molecule has 0 amide bonds. The van der Waals surface area contributed by atoms with Gasteiger partial charge in [0.05, 0.1) is 34.7 Å². The van der Waals surface area contributed by atoms with Gasteiger partial charge in [0.2, 0.25) is 0 Å². The molecule has 1 unspecified atom stereocenters. The molecule has 36 heavy (non-hydrogen) atoms. The number of nitro groups is 1. The first-order valence-corrected chi connectivity index (χ1v) is 10.9. The molecular formula is C25H25N3O8. The van der Waals surface area contributed by atoms with Gasteiger partial charge in [-0.05, 0) is 32.9 Å². The van der Waals surface area contributed by atoms with Crippen molar-refractivity contribution >= 4 is 23.6 Å². The maximum atomic E-state index is 13.2. The molecule has 0 spiro atoms. The highest BCUT2D eigenvalue weighted by molar-refractivity contribution is 6.00. The third-order valence-corrected chi connectivity index (χ3v) is 5.53. The van der Waals surface area contributed by atoms with E-state index in [1.807, 2.05) is 0 Å². The van der Waals surface area contributed by atoms with E-state index in [1.165, 1.54) is 31.5 Å². The van der Waals surface area contributed by atoms with Gasteiger partial charge < -0.3 is 19.5 Å². The predicted octanol–water partition coefficient (Wildman–Crippen LogP) is 3.11. The highest BCUT2D eigenvalue weighted by Gasteiger charge is 2.40. The maximum absolute atomic E-state index is 13.2. The molecule has 0 radical (unpaired) electrons. The summed E-state index contributed by atoms with van der Waals surface area (Å²) >= 11 is 0. The quantitative estimate of drug-likeness (QED) is 0.190. The molecule has 2 heterocycles. The number of aromatic nitrogens is 1. The Kier molecular flexibility index (Phi) is 8.15. The van der Waals surface area contributed by atoms with Gasteiger partial charge >= 0.3 is 17.9 Å². The molecule has 0 bridgehead atoms. The molecule has 1 aromatic carbocycles. The SMILES string of the molecule is COC(=O)C1=C(C)NC(C)=C(C(=O)OCCOC(=O)c2ccc(C)nc2)C1c1ccccc1[N+](=O)[O-]. The summed E-state index contributed by atoms with van der Waals surface area (Å²) in [6, 6.07) is 9.07. The van der Waals surface area contributed by atoms with E-state index in [9.17, 15) is 24.5 Å². The summed E-state index contributed by atoms with van der Waals surface area (Å²) in [7, 11) is 1.18. The average molecular weight is 495 g/mol. The van der Waals surface area contributed by atoms with Crippen LogP contribution in [-0.2, 0) is 23.8 Å². The number of hydrogen-bond donors (Lipinski definition) is 1. The van der Waals surface area contributed by atoms with Gasteiger partial charge in [0, 0.05) is 34.9 Å². The molecule has 1 atom stereocenters. The number of dihydropyridines is 1. The van der Waals surface area contributed by atoms with Crippen LogP contribution in [0.3, 0.4) is 0 Å². The highest BCUT2D eigenvalue weighted by Crippen LogP contribution is 2.42. The molecular weight excluding hydrogens is 470 g/mol. The molecule has 1 aliphatic rings. The number of nitrogens with zero attached hydrogens (tertiary/aromatic N) is 2. The van der Waals surface area contributed by atoms with Gasteiger partial charge in [-0.3, -0.25) is 15.1 Å². The normalized spacial score (nSPS) is 15.2. The Morgan fingerprint density at radius 3 is 2.14 bits per heavy atom. The van der Waals surface area contributed by atoms with E-state index in [2.05, 4.69) is 10.3 Å². The molecule has 11 nitrogen and oxygen atoms in total. The number of pyridine rings is 1. The van der Waals surface area contributed by atoms with Gasteiger partial charge in [-0.25, -0.2) is 14.4 Å². The lowest BCUT2D eigenvalue weighted by Crippen LogP contribution is -2.33. The second-order valence-electron chi connectivity index (χ2n) is 7.90. The van der Waals surface area contributed by atoms with Crippen LogP contribution in [0.5, 0.6) is 0 Å². The third-order valence-electron chi connectivity index (χ3n) is 5.53. The minimum Gasteiger partial charge on any atom is -0.466 e. The van der Waals surface area contributed by atoms with Crippen molar-refractivity contribution in [1.29, 1.82) is 0 Å². The lowest BCUT2D eigenvalue weighted by molar-refractivity contribution is -0.385. The minimum atomic E-state index is -1.12. The summed E-state index contributed by atoms with van der Waals surface area (Å²) in [4.78, 5) is 53.2. The molecule has 11 heteroatoms. The lowest BCUT2D eigenvalue weighted by atomic mass is 9.79. The van der Waals surface area contributed by atoms with Crippen molar-refractivity contribution in [3.63, 3.8) is 0 Å². The van der Waals surface area contributed by atoms with Crippen molar-refractivity contribution in [2.45, 2.75) is 26.7 Å². The van der Waals surface area contributed by atoms with Crippen molar-refractivity contribution in [1.82, 2.24) is 10.3 Å². The first-order valence-electron chi connectivity index (χ1n) is 10.9. The Morgan fingerprint density at radius 1 is 0.944 bits per heavy atom. The number of allylic oxidation sites excluding steroid dienone is 2. The molecule has 0 saturated heterocycles. The zero-order valence-corrected chi connectivity index (χ0v) is 20.2. The molecule has 1 aliphatic heterocycles. The van der Waals surface area contributed by atoms with E-state index in [-0.39, 0.29) is 41.2 Å². The van der Waals surface area contributed by atoms with E-state index in [0.717, 1.165) is 5.69 Å². The fourth-order valence-corrected chi connectivity index (χ4v) is 3.87. The van der Waals surface area contributed by atoms with Crippen LogP contribution in [0.1, 0.15) is 41.4 Å². The first kappa shape index (κ1) is 26.1. The number of nitrogens with one attached hydrogen (secondary N) is 1. The lowest BCUT2D eigenvalue weighted by Gasteiger charge is -2.30. The van der Waals surface area contributed by atoms with Crippen molar-refractivity contribution in [3.05, 3.63) is 92.1 Å². The molecule has 1 aromatic heterocycles. The second kappa shape index (κ2) is 11.3. The topological polar surface area (TPSA) is 147 Å². The number of para-hydroxylation sites is 1. The monoisotopic (exact) mass is 495 g/mol. The Morgan fingerprint density at radius 2 is 1.56 bits per heavy atom. The Bertz CT molecular complexity index is 1260. The van der Waals surface area contributed by atoms with Crippen LogP contribution in [0.4, 0.5) is 5.69 Å². The number of methoxy groups -OCH3 is 1. The van der Waals surface area contributed by atoms with E-state index in [1.54, 1.807) is 39.0 Å². The zero-order valence-electron chi connectivity index (χ0n) is 20.2. The molecule has 0 saturated carbocycles. The Balaban J connectivity index is 1.84. The van der Waals surface area contributed by atoms with Gasteiger partial charge in [-0.2, -0.15) is 0 Å². The minimum absolute atomic E-state index is 0.00404. The molecule has 0 aliphatic carbocycles. The molecule has 1 N–H and O–H groups in total. The predicted molar refractivity (Wildman–Crippen MR) is 127 cm³/mol. The van der Waals surface area contributed by atoms with Crippen LogP contribution < -0.4 is 5.32 Å². The number of nitro benzene ring substituents is 1. The third kappa shape index (κ3) is 5.57. The number of hydrogen-bond acceptors (Lipinski definition) is 10. The van der Waals surface area contributed by atoms with Crippen LogP contribution in [0, 0.1) is 17.0 Å². The number of esters is 3. The summed E-state index contributed by atoms with van der Waals surface area (Å²) in [5.74, 6) is -3.32. The van der Waals surface area contributed by atoms with Crippen LogP contribution in [0.15, 0.2) is 65.1 Å². The van der Waals surface area contributed by atoms with Gasteiger partial charge in [0.25, 0.3) is 5.69 Å². The average Bonchev–Trinajstić information content (AvgIpc) is 2.85. The van der Waals surface area contributed by atoms with E-state index >= 15 is 0 Å². The largest absolute Gasteiger partial charge is 0.466 e. The van der Waals surface area contributed by atoms with Crippen molar-refractivity contribution in [3.8, 4) is 0 Å². The van der Waals surface area contributed by atoms with Crippen molar-refractivity contribution < 1.29 is 33.5 Å². The van der Waals surface area contributed by atoms with Crippen molar-refractivity contribution in [2.75, 3.05) is 20.3 Å². The van der Waals surface area contributed by atoms with E-state index < -0.39 is 28.7 Å². The number of aryl methyl sites for hydroxylation is 1. The van der Waals surface area contributed by atoms with Crippen LogP contribution in [0.2, 0.25) is 0 Å². The molecule has 188 valence electrons. The highest BCUT2D eigenvalue weighted by atomic mass is 16.6. The summed E-state index contributed by atoms with van der Waals surface area (Å²) in [5.41, 5.74) is 1.66. The van der Waals surface area contributed by atoms with Gasteiger partial charge in [0.1, 0.15) is 13.2 Å². The number of carbonyl (C=O) groups is 3. The molecule has 0 fully saturated rings. The summed E-state index contributed by atoms with van der Waals surface area (Å²) in [6.45, 7) is 4.48. The summed E-state index contributed by atoms with van der Waals surface area (Å²) in [5, 5.41) is 14.7. The molecule has 2 aromatic rings. The zero-order chi connectivity index (χ0) is 26.4. The fraction of sp³-hybridized carbons (Fsp3) is 0.280. The maximum Gasteiger partial charge on any atom is 0.339 e. The summed E-state index contributed by atoms with van der Waals surface area (Å²) < 4.78 is 15.4. The van der Waals surface area contributed by atoms with E-state index in [4.69, 9.17) is 14.2 Å². The number of carbonyl (C=O) groups excluding carboxylic acids is 3. The number of ether oxygens (including phenoxy) is 3. The standard InChI is InChI=1S/C25H25N3O8/c1-14-9-10-17(13-26-14)23(29)35-11-12-36-25(31)21-16(3)27-15(2)20(24(30)34-4)22(21)18-7-5-6-8-19(18)28(32)33/h5-10,13,22,27H,11-12H2,1-4H3. The van der Waals surface area contributed by atoms with Crippen molar-refractivity contribution in [2.24, 2.45) is 0 Å². The smallest absolute Gasteiger partial charge is 0.339 e. The van der Waals surface area contributed by atoms with Crippen LogP contribution in [-0.4, -0.2) is 48.1 Å².